The molecule has 0 aromatic heterocycles. The number of nitrogens with two attached hydrogens (primary N) is 1. The molecule has 0 saturated heterocycles. The first-order valence-corrected chi connectivity index (χ1v) is 5.18. The van der Waals surface area contributed by atoms with E-state index >= 15 is 0 Å². The van der Waals surface area contributed by atoms with E-state index in [1.807, 2.05) is 0 Å². The van der Waals surface area contributed by atoms with E-state index in [-0.39, 0.29) is 0 Å². The lowest BCUT2D eigenvalue weighted by atomic mass is 10.0. The maximum Gasteiger partial charge on any atom is 0.390 e. The van der Waals surface area contributed by atoms with E-state index < -0.39 is 18.6 Å². The summed E-state index contributed by atoms with van der Waals surface area (Å²) in [6.45, 7) is 0.716. The number of para-hydroxylation sites is 1. The molecule has 1 aliphatic rings. The van der Waals surface area contributed by atoms with E-state index in [4.69, 9.17) is 15.2 Å². The standard InChI is InChI=1S/C11H12F3NO2/c12-11(13,14)6-8(15)7-2-1-3-9-10(7)17-5-4-16-9/h1-3,8H,4-6,15H2/t8-/m1/s1. The monoisotopic (exact) mass is 247 g/mol. The Hall–Kier alpha value is -1.43. The van der Waals surface area contributed by atoms with Crippen LogP contribution < -0.4 is 15.2 Å². The molecule has 0 fully saturated rings. The Morgan fingerprint density at radius 3 is 2.65 bits per heavy atom. The lowest BCUT2D eigenvalue weighted by molar-refractivity contribution is -0.138. The van der Waals surface area contributed by atoms with Gasteiger partial charge in [-0.15, -0.1) is 0 Å². The minimum absolute atomic E-state index is 0.322. The molecule has 1 aromatic rings. The van der Waals surface area contributed by atoms with Crippen LogP contribution >= 0.6 is 0 Å². The summed E-state index contributed by atoms with van der Waals surface area (Å²) in [4.78, 5) is 0. The van der Waals surface area contributed by atoms with Crippen LogP contribution in [0.2, 0.25) is 0 Å². The van der Waals surface area contributed by atoms with Gasteiger partial charge in [0.05, 0.1) is 6.42 Å². The van der Waals surface area contributed by atoms with Crippen LogP contribution in [0.15, 0.2) is 18.2 Å². The van der Waals surface area contributed by atoms with Crippen LogP contribution in [0.5, 0.6) is 11.5 Å². The number of rotatable bonds is 2. The Morgan fingerprint density at radius 1 is 1.24 bits per heavy atom. The van der Waals surface area contributed by atoms with Gasteiger partial charge in [-0.2, -0.15) is 13.2 Å². The number of ether oxygens (including phenoxy) is 2. The highest BCUT2D eigenvalue weighted by atomic mass is 19.4. The molecule has 0 saturated carbocycles. The van der Waals surface area contributed by atoms with Crippen molar-refractivity contribution in [2.75, 3.05) is 13.2 Å². The van der Waals surface area contributed by atoms with Crippen molar-refractivity contribution in [1.82, 2.24) is 0 Å². The fourth-order valence-corrected chi connectivity index (χ4v) is 1.75. The second-order valence-electron chi connectivity index (χ2n) is 3.80. The maximum absolute atomic E-state index is 12.3. The van der Waals surface area contributed by atoms with E-state index in [0.717, 1.165) is 0 Å². The average Bonchev–Trinajstić information content (AvgIpc) is 2.26. The van der Waals surface area contributed by atoms with Gasteiger partial charge < -0.3 is 15.2 Å². The number of alkyl halides is 3. The molecule has 17 heavy (non-hydrogen) atoms. The Morgan fingerprint density at radius 2 is 1.94 bits per heavy atom. The van der Waals surface area contributed by atoms with Gasteiger partial charge >= 0.3 is 6.18 Å². The zero-order valence-corrected chi connectivity index (χ0v) is 8.96. The zero-order valence-electron chi connectivity index (χ0n) is 8.96. The molecule has 2 N–H and O–H groups in total. The normalized spacial score (nSPS) is 16.7. The van der Waals surface area contributed by atoms with Crippen LogP contribution in [0.4, 0.5) is 13.2 Å². The van der Waals surface area contributed by atoms with Crippen LogP contribution in [0.1, 0.15) is 18.0 Å². The number of fused-ring (bicyclic) bond motifs is 1. The van der Waals surface area contributed by atoms with Gasteiger partial charge in [0.25, 0.3) is 0 Å². The van der Waals surface area contributed by atoms with Crippen LogP contribution in [0.25, 0.3) is 0 Å². The van der Waals surface area contributed by atoms with Crippen molar-refractivity contribution in [3.63, 3.8) is 0 Å². The van der Waals surface area contributed by atoms with E-state index in [2.05, 4.69) is 0 Å². The maximum atomic E-state index is 12.3. The molecule has 0 aliphatic carbocycles. The topological polar surface area (TPSA) is 44.5 Å². The predicted molar refractivity (Wildman–Crippen MR) is 55.0 cm³/mol. The first-order chi connectivity index (χ1) is 7.97. The molecule has 1 aromatic carbocycles. The molecule has 94 valence electrons. The van der Waals surface area contributed by atoms with Crippen LogP contribution in [0.3, 0.4) is 0 Å². The smallest absolute Gasteiger partial charge is 0.390 e. The van der Waals surface area contributed by atoms with Crippen molar-refractivity contribution in [3.05, 3.63) is 23.8 Å². The Labute approximate surface area is 96.3 Å². The number of benzene rings is 1. The molecule has 0 radical (unpaired) electrons. The largest absolute Gasteiger partial charge is 0.486 e. The minimum atomic E-state index is -4.29. The summed E-state index contributed by atoms with van der Waals surface area (Å²) < 4.78 is 47.4. The van der Waals surface area contributed by atoms with Crippen molar-refractivity contribution in [3.8, 4) is 11.5 Å². The Bertz CT molecular complexity index is 406. The van der Waals surface area contributed by atoms with Gasteiger partial charge in [-0.1, -0.05) is 12.1 Å². The van der Waals surface area contributed by atoms with Gasteiger partial charge in [0, 0.05) is 11.6 Å². The molecule has 0 bridgehead atoms. The zero-order chi connectivity index (χ0) is 12.5. The van der Waals surface area contributed by atoms with Crippen LogP contribution in [-0.4, -0.2) is 19.4 Å². The van der Waals surface area contributed by atoms with Crippen molar-refractivity contribution >= 4 is 0 Å². The number of halogens is 3. The molecular formula is C11H12F3NO2. The SMILES string of the molecule is N[C@H](CC(F)(F)F)c1cccc2c1OCCO2. The lowest BCUT2D eigenvalue weighted by Crippen LogP contribution is -2.23. The summed E-state index contributed by atoms with van der Waals surface area (Å²) >= 11 is 0. The quantitative estimate of drug-likeness (QED) is 0.872. The first-order valence-electron chi connectivity index (χ1n) is 5.18. The van der Waals surface area contributed by atoms with Crippen molar-refractivity contribution in [1.29, 1.82) is 0 Å². The third-order valence-corrected chi connectivity index (χ3v) is 2.45. The van der Waals surface area contributed by atoms with Gasteiger partial charge in [-0.25, -0.2) is 0 Å². The van der Waals surface area contributed by atoms with E-state index in [1.165, 1.54) is 6.07 Å². The first kappa shape index (κ1) is 12.0. The van der Waals surface area contributed by atoms with Gasteiger partial charge in [-0.3, -0.25) is 0 Å². The Balaban J connectivity index is 2.26. The van der Waals surface area contributed by atoms with Crippen molar-refractivity contribution in [2.45, 2.75) is 18.6 Å². The number of hydrogen-bond donors (Lipinski definition) is 1. The third-order valence-electron chi connectivity index (χ3n) is 2.45. The fraction of sp³-hybridized carbons (Fsp3) is 0.455. The highest BCUT2D eigenvalue weighted by molar-refractivity contribution is 5.48. The summed E-state index contributed by atoms with van der Waals surface area (Å²) in [5.41, 5.74) is 5.88. The second kappa shape index (κ2) is 4.44. The summed E-state index contributed by atoms with van der Waals surface area (Å²) in [7, 11) is 0. The fourth-order valence-electron chi connectivity index (χ4n) is 1.75. The second-order valence-corrected chi connectivity index (χ2v) is 3.80. The van der Waals surface area contributed by atoms with E-state index in [0.29, 0.717) is 30.3 Å². The van der Waals surface area contributed by atoms with Crippen molar-refractivity contribution < 1.29 is 22.6 Å². The highest BCUT2D eigenvalue weighted by Gasteiger charge is 2.32. The van der Waals surface area contributed by atoms with Gasteiger partial charge in [0.1, 0.15) is 13.2 Å². The summed E-state index contributed by atoms with van der Waals surface area (Å²) in [5, 5.41) is 0. The molecular weight excluding hydrogens is 235 g/mol. The molecule has 1 aliphatic heterocycles. The third kappa shape index (κ3) is 2.82. The number of hydrogen-bond acceptors (Lipinski definition) is 3. The van der Waals surface area contributed by atoms with E-state index in [1.54, 1.807) is 12.1 Å². The predicted octanol–water partition coefficient (Wildman–Crippen LogP) is 2.41. The summed E-state index contributed by atoms with van der Waals surface area (Å²) in [5.74, 6) is 0.780. The molecule has 3 nitrogen and oxygen atoms in total. The molecule has 1 heterocycles. The van der Waals surface area contributed by atoms with Gasteiger partial charge in [0.2, 0.25) is 0 Å². The van der Waals surface area contributed by atoms with E-state index in [9.17, 15) is 13.2 Å². The molecule has 1 atom stereocenters. The molecule has 0 spiro atoms. The molecule has 2 rings (SSSR count). The van der Waals surface area contributed by atoms with Gasteiger partial charge in [0.15, 0.2) is 11.5 Å². The van der Waals surface area contributed by atoms with Crippen LogP contribution in [-0.2, 0) is 0 Å². The van der Waals surface area contributed by atoms with Crippen molar-refractivity contribution in [2.24, 2.45) is 5.73 Å². The molecule has 0 unspecified atom stereocenters. The van der Waals surface area contributed by atoms with Gasteiger partial charge in [-0.05, 0) is 6.07 Å². The Kier molecular flexibility index (Phi) is 3.15. The summed E-state index contributed by atoms with van der Waals surface area (Å²) in [6, 6.07) is 3.66. The lowest BCUT2D eigenvalue weighted by Gasteiger charge is -2.23. The minimum Gasteiger partial charge on any atom is -0.486 e. The summed E-state index contributed by atoms with van der Waals surface area (Å²) in [6.07, 6.45) is -5.37. The molecule has 6 heteroatoms. The highest BCUT2D eigenvalue weighted by Crippen LogP contribution is 2.39. The molecule has 0 amide bonds. The average molecular weight is 247 g/mol. The van der Waals surface area contributed by atoms with Crippen LogP contribution in [0, 0.1) is 0 Å².